The van der Waals surface area contributed by atoms with Crippen LogP contribution in [-0.2, 0) is 0 Å². The highest BCUT2D eigenvalue weighted by Crippen LogP contribution is 2.35. The second-order valence-corrected chi connectivity index (χ2v) is 8.28. The summed E-state index contributed by atoms with van der Waals surface area (Å²) in [4.78, 5) is 29.0. The first kappa shape index (κ1) is 24.5. The molecule has 0 amide bonds. The molecule has 0 saturated heterocycles. The number of benzene rings is 3. The van der Waals surface area contributed by atoms with E-state index in [4.69, 9.17) is 30.8 Å². The molecule has 0 aliphatic rings. The third-order valence-corrected chi connectivity index (χ3v) is 5.79. The molecular formula is C26H16ClN5O6. The first-order valence-corrected chi connectivity index (χ1v) is 11.4. The van der Waals surface area contributed by atoms with E-state index in [9.17, 15) is 14.9 Å². The summed E-state index contributed by atoms with van der Waals surface area (Å²) in [7, 11) is 1.53. The highest BCUT2D eigenvalue weighted by atomic mass is 35.5. The molecule has 188 valence electrons. The molecule has 0 atom stereocenters. The van der Waals surface area contributed by atoms with Gasteiger partial charge in [0.25, 0.3) is 5.56 Å². The van der Waals surface area contributed by atoms with Crippen molar-refractivity contribution in [3.05, 3.63) is 91.7 Å². The van der Waals surface area contributed by atoms with Crippen molar-refractivity contribution in [2.75, 3.05) is 13.7 Å². The maximum Gasteiger partial charge on any atom is 0.313 e. The average molecular weight is 530 g/mol. The molecule has 5 aromatic rings. The number of para-hydroxylation sites is 1. The van der Waals surface area contributed by atoms with Gasteiger partial charge in [-0.1, -0.05) is 29.8 Å². The Kier molecular flexibility index (Phi) is 6.47. The molecule has 38 heavy (non-hydrogen) atoms. The number of hydrogen-bond donors (Lipinski definition) is 0. The van der Waals surface area contributed by atoms with E-state index in [1.54, 1.807) is 54.6 Å². The Morgan fingerprint density at radius 1 is 1.21 bits per heavy atom. The molecule has 2 heterocycles. The molecule has 3 aromatic carbocycles. The number of halogens is 1. The number of rotatable bonds is 7. The minimum Gasteiger partial charge on any atom is -0.496 e. The van der Waals surface area contributed by atoms with Crippen molar-refractivity contribution in [2.45, 2.75) is 0 Å². The van der Waals surface area contributed by atoms with Crippen molar-refractivity contribution < 1.29 is 18.8 Å². The van der Waals surface area contributed by atoms with Crippen molar-refractivity contribution in [2.24, 2.45) is 5.10 Å². The number of nitro benzene ring substituents is 1. The number of fused-ring (bicyclic) bond motifs is 2. The van der Waals surface area contributed by atoms with Crippen LogP contribution in [0.3, 0.4) is 0 Å². The van der Waals surface area contributed by atoms with Gasteiger partial charge in [-0.15, -0.1) is 0 Å². The molecule has 0 radical (unpaired) electrons. The van der Waals surface area contributed by atoms with Crippen LogP contribution in [-0.4, -0.2) is 34.5 Å². The SMILES string of the molecule is COc1cccc2oc(-c3nc4ccccc4c(=O)n3N=Cc3cc(Cl)cc([N+](=O)[O-])c3OCC#N)cc12. The lowest BCUT2D eigenvalue weighted by Gasteiger charge is -2.09. The Balaban J connectivity index is 1.74. The molecule has 2 aromatic heterocycles. The predicted molar refractivity (Wildman–Crippen MR) is 140 cm³/mol. The standard InChI is InChI=1S/C26H16ClN5O6/c1-36-21-7-4-8-22-18(21)13-23(38-22)25-30-19-6-3-2-5-17(19)26(33)31(25)29-14-15-11-16(27)12-20(32(34)35)24(15)37-10-9-28/h2-8,11-14H,10H2,1H3. The van der Waals surface area contributed by atoms with Crippen LogP contribution in [0.2, 0.25) is 5.02 Å². The summed E-state index contributed by atoms with van der Waals surface area (Å²) in [6.07, 6.45) is 1.18. The summed E-state index contributed by atoms with van der Waals surface area (Å²) in [5, 5.41) is 25.8. The molecule has 0 aliphatic heterocycles. The number of nitriles is 1. The summed E-state index contributed by atoms with van der Waals surface area (Å²) >= 11 is 6.10. The molecule has 0 spiro atoms. The summed E-state index contributed by atoms with van der Waals surface area (Å²) in [5.41, 5.74) is 0.0440. The zero-order valence-electron chi connectivity index (χ0n) is 19.6. The van der Waals surface area contributed by atoms with Crippen molar-refractivity contribution in [1.29, 1.82) is 5.26 Å². The van der Waals surface area contributed by atoms with Crippen LogP contribution in [0.25, 0.3) is 33.5 Å². The van der Waals surface area contributed by atoms with Gasteiger partial charge in [-0.05, 0) is 36.4 Å². The predicted octanol–water partition coefficient (Wildman–Crippen LogP) is 5.16. The minimum absolute atomic E-state index is 0.0380. The fourth-order valence-corrected chi connectivity index (χ4v) is 4.15. The van der Waals surface area contributed by atoms with Gasteiger partial charge in [0.2, 0.25) is 11.6 Å². The van der Waals surface area contributed by atoms with E-state index in [0.717, 1.165) is 10.7 Å². The molecular weight excluding hydrogens is 514 g/mol. The molecule has 11 nitrogen and oxygen atoms in total. The summed E-state index contributed by atoms with van der Waals surface area (Å²) in [6, 6.07) is 17.9. The first-order valence-electron chi connectivity index (χ1n) is 11.0. The largest absolute Gasteiger partial charge is 0.496 e. The molecule has 0 fully saturated rings. The quantitative estimate of drug-likeness (QED) is 0.159. The second kappa shape index (κ2) is 10.0. The van der Waals surface area contributed by atoms with Gasteiger partial charge in [0.1, 0.15) is 17.4 Å². The smallest absolute Gasteiger partial charge is 0.313 e. The van der Waals surface area contributed by atoms with E-state index in [1.807, 2.05) is 0 Å². The number of nitrogens with zero attached hydrogens (tertiary/aromatic N) is 5. The maximum atomic E-state index is 13.5. The third-order valence-electron chi connectivity index (χ3n) is 5.57. The molecule has 0 bridgehead atoms. The second-order valence-electron chi connectivity index (χ2n) is 7.84. The normalized spacial score (nSPS) is 11.2. The number of nitro groups is 1. The van der Waals surface area contributed by atoms with Crippen LogP contribution in [0.5, 0.6) is 11.5 Å². The number of furan rings is 1. The Morgan fingerprint density at radius 2 is 2.03 bits per heavy atom. The number of hydrogen-bond acceptors (Lipinski definition) is 9. The molecule has 0 saturated carbocycles. The van der Waals surface area contributed by atoms with E-state index in [2.05, 4.69) is 10.1 Å². The third kappa shape index (κ3) is 4.40. The minimum atomic E-state index is -0.688. The number of aromatic nitrogens is 2. The molecule has 0 aliphatic carbocycles. The average Bonchev–Trinajstić information content (AvgIpc) is 3.36. The lowest BCUT2D eigenvalue weighted by molar-refractivity contribution is -0.385. The molecule has 5 rings (SSSR count). The van der Waals surface area contributed by atoms with Crippen molar-refractivity contribution >= 4 is 45.4 Å². The Bertz CT molecular complexity index is 1850. The van der Waals surface area contributed by atoms with Crippen LogP contribution < -0.4 is 15.0 Å². The van der Waals surface area contributed by atoms with E-state index in [0.29, 0.717) is 27.6 Å². The fraction of sp³-hybridized carbons (Fsp3) is 0.0769. The Morgan fingerprint density at radius 3 is 2.79 bits per heavy atom. The monoisotopic (exact) mass is 529 g/mol. The summed E-state index contributed by atoms with van der Waals surface area (Å²) < 4.78 is 17.7. The van der Waals surface area contributed by atoms with Gasteiger partial charge in [0, 0.05) is 16.7 Å². The van der Waals surface area contributed by atoms with Crippen molar-refractivity contribution in [1.82, 2.24) is 9.66 Å². The first-order chi connectivity index (χ1) is 18.4. The van der Waals surface area contributed by atoms with Gasteiger partial charge in [0.15, 0.2) is 12.4 Å². The molecule has 0 unspecified atom stereocenters. The van der Waals surface area contributed by atoms with Crippen LogP contribution in [0, 0.1) is 21.4 Å². The lowest BCUT2D eigenvalue weighted by Crippen LogP contribution is -2.20. The van der Waals surface area contributed by atoms with E-state index >= 15 is 0 Å². The van der Waals surface area contributed by atoms with Gasteiger partial charge < -0.3 is 13.9 Å². The molecule has 0 N–H and O–H groups in total. The highest BCUT2D eigenvalue weighted by molar-refractivity contribution is 6.31. The van der Waals surface area contributed by atoms with Crippen molar-refractivity contribution in [3.8, 4) is 29.2 Å². The molecule has 12 heteroatoms. The van der Waals surface area contributed by atoms with Crippen LogP contribution >= 0.6 is 11.6 Å². The van der Waals surface area contributed by atoms with Gasteiger partial charge in [-0.25, -0.2) is 4.98 Å². The van der Waals surface area contributed by atoms with Crippen molar-refractivity contribution in [3.63, 3.8) is 0 Å². The van der Waals surface area contributed by atoms with Gasteiger partial charge in [0.05, 0.1) is 34.5 Å². The fourth-order valence-electron chi connectivity index (χ4n) is 3.93. The Hall–Kier alpha value is -5.21. The maximum absolute atomic E-state index is 13.5. The van der Waals surface area contributed by atoms with Gasteiger partial charge in [-0.3, -0.25) is 14.9 Å². The van der Waals surface area contributed by atoms with Crippen LogP contribution in [0.1, 0.15) is 5.56 Å². The zero-order chi connectivity index (χ0) is 26.8. The highest BCUT2D eigenvalue weighted by Gasteiger charge is 2.22. The van der Waals surface area contributed by atoms with E-state index < -0.39 is 22.8 Å². The summed E-state index contributed by atoms with van der Waals surface area (Å²) in [5.74, 6) is 0.671. The lowest BCUT2D eigenvalue weighted by atomic mass is 10.2. The topological polar surface area (TPSA) is 146 Å². The van der Waals surface area contributed by atoms with Crippen LogP contribution in [0.15, 0.2) is 75.0 Å². The Labute approximate surface area is 218 Å². The van der Waals surface area contributed by atoms with Gasteiger partial charge in [-0.2, -0.15) is 15.0 Å². The number of methoxy groups -OCH3 is 1. The zero-order valence-corrected chi connectivity index (χ0v) is 20.4. The van der Waals surface area contributed by atoms with E-state index in [1.165, 1.54) is 19.4 Å². The van der Waals surface area contributed by atoms with E-state index in [-0.39, 0.29) is 27.9 Å². The summed E-state index contributed by atoms with van der Waals surface area (Å²) in [6.45, 7) is -0.452. The van der Waals surface area contributed by atoms with Gasteiger partial charge >= 0.3 is 5.69 Å². The van der Waals surface area contributed by atoms with Crippen LogP contribution in [0.4, 0.5) is 5.69 Å². The number of ether oxygens (including phenoxy) is 2.